The molecule has 4 rings (SSSR count). The summed E-state index contributed by atoms with van der Waals surface area (Å²) in [5, 5.41) is 3.88. The molecule has 0 aliphatic rings. The zero-order valence-corrected chi connectivity index (χ0v) is 17.9. The minimum atomic E-state index is -0.438. The van der Waals surface area contributed by atoms with Crippen LogP contribution in [0.4, 0.5) is 10.3 Å². The maximum atomic E-state index is 13.1. The first-order valence-electron chi connectivity index (χ1n) is 9.74. The quantitative estimate of drug-likeness (QED) is 0.499. The summed E-state index contributed by atoms with van der Waals surface area (Å²) >= 11 is 5.99. The molecule has 0 spiro atoms. The molecule has 2 heterocycles. The lowest BCUT2D eigenvalue weighted by Gasteiger charge is -2.11. The van der Waals surface area contributed by atoms with Crippen molar-refractivity contribution in [2.24, 2.45) is 14.1 Å². The number of aryl methyl sites for hydroxylation is 1. The number of nitrogens with one attached hydrogen (secondary N) is 1. The van der Waals surface area contributed by atoms with Gasteiger partial charge in [0.25, 0.3) is 5.56 Å². The van der Waals surface area contributed by atoms with E-state index in [0.717, 1.165) is 15.7 Å². The third kappa shape index (κ3) is 4.11. The molecule has 0 aliphatic carbocycles. The first kappa shape index (κ1) is 20.9. The number of halogens is 2. The van der Waals surface area contributed by atoms with Crippen LogP contribution >= 0.6 is 11.6 Å². The van der Waals surface area contributed by atoms with Gasteiger partial charge in [-0.15, -0.1) is 0 Å². The predicted molar refractivity (Wildman–Crippen MR) is 119 cm³/mol. The van der Waals surface area contributed by atoms with E-state index >= 15 is 0 Å². The van der Waals surface area contributed by atoms with Gasteiger partial charge in [0.1, 0.15) is 5.82 Å². The van der Waals surface area contributed by atoms with E-state index in [1.165, 1.54) is 23.7 Å². The van der Waals surface area contributed by atoms with Gasteiger partial charge in [-0.1, -0.05) is 35.9 Å². The smallest absolute Gasteiger partial charge is 0.332 e. The number of aromatic nitrogens is 4. The molecule has 31 heavy (non-hydrogen) atoms. The number of benzene rings is 2. The summed E-state index contributed by atoms with van der Waals surface area (Å²) in [6.45, 7) is 0.893. The van der Waals surface area contributed by atoms with Gasteiger partial charge in [0, 0.05) is 25.7 Å². The summed E-state index contributed by atoms with van der Waals surface area (Å²) < 4.78 is 17.3. The van der Waals surface area contributed by atoms with Crippen molar-refractivity contribution in [3.05, 3.63) is 91.3 Å². The van der Waals surface area contributed by atoms with Crippen LogP contribution in [-0.2, 0) is 27.1 Å². The Morgan fingerprint density at radius 2 is 1.61 bits per heavy atom. The largest absolute Gasteiger partial charge is 0.355 e. The molecule has 4 aromatic rings. The lowest BCUT2D eigenvalue weighted by atomic mass is 10.1. The summed E-state index contributed by atoms with van der Waals surface area (Å²) in [5.74, 6) is 0.198. The van der Waals surface area contributed by atoms with Gasteiger partial charge in [-0.25, -0.2) is 9.18 Å². The Morgan fingerprint density at radius 1 is 0.968 bits per heavy atom. The van der Waals surface area contributed by atoms with Crippen LogP contribution in [0.3, 0.4) is 0 Å². The van der Waals surface area contributed by atoms with Crippen molar-refractivity contribution in [1.29, 1.82) is 0 Å². The van der Waals surface area contributed by atoms with E-state index in [1.807, 2.05) is 12.1 Å². The molecule has 0 unspecified atom stereocenters. The summed E-state index contributed by atoms with van der Waals surface area (Å²) in [7, 11) is 3.04. The third-order valence-corrected chi connectivity index (χ3v) is 5.46. The molecule has 160 valence electrons. The van der Waals surface area contributed by atoms with Crippen molar-refractivity contribution in [1.82, 2.24) is 18.7 Å². The predicted octanol–water partition coefficient (Wildman–Crippen LogP) is 2.93. The van der Waals surface area contributed by atoms with Crippen molar-refractivity contribution in [3.8, 4) is 0 Å². The molecule has 2 aromatic heterocycles. The number of rotatable bonds is 6. The summed E-state index contributed by atoms with van der Waals surface area (Å²) in [4.78, 5) is 29.8. The average molecular weight is 442 g/mol. The number of hydrogen-bond acceptors (Lipinski definition) is 4. The van der Waals surface area contributed by atoms with Crippen LogP contribution in [0, 0.1) is 5.82 Å². The van der Waals surface area contributed by atoms with E-state index in [9.17, 15) is 14.0 Å². The second-order valence-electron chi connectivity index (χ2n) is 7.33. The van der Waals surface area contributed by atoms with E-state index in [-0.39, 0.29) is 5.82 Å². The summed E-state index contributed by atoms with van der Waals surface area (Å²) in [6, 6.07) is 13.6. The van der Waals surface area contributed by atoms with Crippen LogP contribution < -0.4 is 16.6 Å². The van der Waals surface area contributed by atoms with E-state index < -0.39 is 11.2 Å². The second kappa shape index (κ2) is 8.39. The van der Waals surface area contributed by atoms with E-state index in [4.69, 9.17) is 11.6 Å². The maximum Gasteiger partial charge on any atom is 0.332 e. The van der Waals surface area contributed by atoms with Crippen molar-refractivity contribution >= 4 is 28.7 Å². The Balaban J connectivity index is 1.73. The molecule has 2 aromatic carbocycles. The average Bonchev–Trinajstić information content (AvgIpc) is 3.12. The highest BCUT2D eigenvalue weighted by atomic mass is 35.5. The minimum absolute atomic E-state index is 0.279. The molecule has 7 nitrogen and oxygen atoms in total. The van der Waals surface area contributed by atoms with Gasteiger partial charge in [0.15, 0.2) is 11.2 Å². The Hall–Kier alpha value is -3.39. The second-order valence-corrected chi connectivity index (χ2v) is 7.77. The Kier molecular flexibility index (Phi) is 5.65. The fourth-order valence-corrected chi connectivity index (χ4v) is 3.60. The van der Waals surface area contributed by atoms with E-state index in [2.05, 4.69) is 10.3 Å². The van der Waals surface area contributed by atoms with Gasteiger partial charge in [-0.2, -0.15) is 4.98 Å². The van der Waals surface area contributed by atoms with E-state index in [0.29, 0.717) is 41.6 Å². The first-order chi connectivity index (χ1) is 14.8. The number of anilines is 1. The molecule has 0 aliphatic heterocycles. The molecule has 9 heteroatoms. The summed E-state index contributed by atoms with van der Waals surface area (Å²) in [5.41, 5.74) is 1.70. The Bertz CT molecular complexity index is 1350. The molecule has 0 saturated carbocycles. The minimum Gasteiger partial charge on any atom is -0.355 e. The van der Waals surface area contributed by atoms with Crippen molar-refractivity contribution < 1.29 is 4.39 Å². The van der Waals surface area contributed by atoms with Gasteiger partial charge in [-0.05, 0) is 41.8 Å². The first-order valence-corrected chi connectivity index (χ1v) is 10.1. The van der Waals surface area contributed by atoms with E-state index in [1.54, 1.807) is 35.9 Å². The molecular formula is C22H21ClFN5O2. The Morgan fingerprint density at radius 3 is 2.29 bits per heavy atom. The van der Waals surface area contributed by atoms with Gasteiger partial charge in [0.05, 0.1) is 6.54 Å². The molecule has 0 atom stereocenters. The monoisotopic (exact) mass is 441 g/mol. The fraction of sp³-hybridized carbons (Fsp3) is 0.227. The van der Waals surface area contributed by atoms with Crippen LogP contribution in [0.25, 0.3) is 11.2 Å². The topological polar surface area (TPSA) is 73.8 Å². The van der Waals surface area contributed by atoms with Gasteiger partial charge in [0.2, 0.25) is 5.95 Å². The SMILES string of the molecule is Cn1c(=O)c2c(nc(NCCc3ccc(F)cc3)n2Cc2ccc(Cl)cc2)n(C)c1=O. The highest BCUT2D eigenvalue weighted by Gasteiger charge is 2.19. The molecular weight excluding hydrogens is 421 g/mol. The third-order valence-electron chi connectivity index (χ3n) is 5.21. The van der Waals surface area contributed by atoms with Crippen LogP contribution in [0.2, 0.25) is 5.02 Å². The van der Waals surface area contributed by atoms with Gasteiger partial charge >= 0.3 is 5.69 Å². The lowest BCUT2D eigenvalue weighted by molar-refractivity contribution is 0.627. The molecule has 0 bridgehead atoms. The fourth-order valence-electron chi connectivity index (χ4n) is 3.48. The van der Waals surface area contributed by atoms with Crippen LogP contribution in [0.15, 0.2) is 58.1 Å². The number of fused-ring (bicyclic) bond motifs is 1. The summed E-state index contributed by atoms with van der Waals surface area (Å²) in [6.07, 6.45) is 0.640. The highest BCUT2D eigenvalue weighted by molar-refractivity contribution is 6.30. The van der Waals surface area contributed by atoms with Crippen molar-refractivity contribution in [3.63, 3.8) is 0 Å². The maximum absolute atomic E-state index is 13.1. The zero-order valence-electron chi connectivity index (χ0n) is 17.1. The molecule has 0 radical (unpaired) electrons. The molecule has 0 amide bonds. The highest BCUT2D eigenvalue weighted by Crippen LogP contribution is 2.19. The van der Waals surface area contributed by atoms with Crippen LogP contribution in [0.5, 0.6) is 0 Å². The lowest BCUT2D eigenvalue weighted by Crippen LogP contribution is -2.37. The normalized spacial score (nSPS) is 11.2. The van der Waals surface area contributed by atoms with Crippen LogP contribution in [0.1, 0.15) is 11.1 Å². The molecule has 0 fully saturated rings. The molecule has 1 N–H and O–H groups in total. The van der Waals surface area contributed by atoms with Crippen LogP contribution in [-0.4, -0.2) is 25.2 Å². The van der Waals surface area contributed by atoms with Crippen molar-refractivity contribution in [2.45, 2.75) is 13.0 Å². The number of nitrogens with zero attached hydrogens (tertiary/aromatic N) is 4. The van der Waals surface area contributed by atoms with Gasteiger partial charge in [-0.3, -0.25) is 18.5 Å². The van der Waals surface area contributed by atoms with Gasteiger partial charge < -0.3 is 5.32 Å². The Labute approximate surface area is 182 Å². The number of imidazole rings is 1. The van der Waals surface area contributed by atoms with Crippen molar-refractivity contribution in [2.75, 3.05) is 11.9 Å². The standard InChI is InChI=1S/C22H21ClFN5O2/c1-27-19-18(20(30)28(2)22(27)31)29(13-15-3-7-16(23)8-4-15)21(26-19)25-12-11-14-5-9-17(24)10-6-14/h3-10H,11-13H2,1-2H3,(H,25,26). The number of hydrogen-bond donors (Lipinski definition) is 1. The zero-order chi connectivity index (χ0) is 22.1. The molecule has 0 saturated heterocycles.